The molecule has 6 nitrogen and oxygen atoms in total. The fourth-order valence-electron chi connectivity index (χ4n) is 2.39. The zero-order valence-electron chi connectivity index (χ0n) is 14.0. The van der Waals surface area contributed by atoms with E-state index in [4.69, 9.17) is 4.74 Å². The summed E-state index contributed by atoms with van der Waals surface area (Å²) in [5, 5.41) is 2.96. The molecule has 1 unspecified atom stereocenters. The van der Waals surface area contributed by atoms with E-state index in [1.54, 1.807) is 37.8 Å². The van der Waals surface area contributed by atoms with Crippen LogP contribution in [-0.2, 0) is 0 Å². The van der Waals surface area contributed by atoms with Gasteiger partial charge in [0.2, 0.25) is 0 Å². The van der Waals surface area contributed by atoms with E-state index < -0.39 is 0 Å². The van der Waals surface area contributed by atoms with Gasteiger partial charge in [-0.2, -0.15) is 0 Å². The van der Waals surface area contributed by atoms with E-state index in [0.29, 0.717) is 5.56 Å². The molecule has 0 bridgehead atoms. The average molecular weight is 334 g/mol. The van der Waals surface area contributed by atoms with Gasteiger partial charge in [-0.25, -0.2) is 9.97 Å². The van der Waals surface area contributed by atoms with Gasteiger partial charge in [-0.1, -0.05) is 12.1 Å². The van der Waals surface area contributed by atoms with Crippen molar-refractivity contribution in [3.63, 3.8) is 0 Å². The normalized spacial score (nSPS) is 11.6. The maximum atomic E-state index is 12.4. The second-order valence-electron chi connectivity index (χ2n) is 5.53. The van der Waals surface area contributed by atoms with Crippen molar-refractivity contribution in [2.24, 2.45) is 0 Å². The Balaban J connectivity index is 1.68. The Kier molecular flexibility index (Phi) is 4.99. The first-order chi connectivity index (χ1) is 12.2. The Hall–Kier alpha value is -3.28. The Labute approximate surface area is 145 Å². The minimum Gasteiger partial charge on any atom is -0.497 e. The molecule has 1 amide bonds. The number of carbonyl (C=O) groups is 1. The Bertz CT molecular complexity index is 834. The molecule has 0 radical (unpaired) electrons. The largest absolute Gasteiger partial charge is 0.497 e. The van der Waals surface area contributed by atoms with Crippen molar-refractivity contribution >= 4 is 5.91 Å². The van der Waals surface area contributed by atoms with Gasteiger partial charge < -0.3 is 10.1 Å². The highest BCUT2D eigenvalue weighted by Crippen LogP contribution is 2.18. The van der Waals surface area contributed by atoms with Crippen molar-refractivity contribution in [2.45, 2.75) is 13.0 Å². The summed E-state index contributed by atoms with van der Waals surface area (Å²) in [6, 6.07) is 11.0. The van der Waals surface area contributed by atoms with Crippen molar-refractivity contribution in [1.29, 1.82) is 0 Å². The van der Waals surface area contributed by atoms with Crippen LogP contribution in [0.25, 0.3) is 11.3 Å². The van der Waals surface area contributed by atoms with Crippen LogP contribution in [0.3, 0.4) is 0 Å². The number of aromatic nitrogens is 3. The quantitative estimate of drug-likeness (QED) is 0.776. The molecule has 1 aromatic carbocycles. The minimum atomic E-state index is -0.174. The van der Waals surface area contributed by atoms with Gasteiger partial charge in [-0.05, 0) is 36.8 Å². The Morgan fingerprint density at radius 2 is 1.76 bits per heavy atom. The molecular formula is C19H18N4O2. The summed E-state index contributed by atoms with van der Waals surface area (Å²) >= 11 is 0. The molecule has 2 aromatic heterocycles. The van der Waals surface area contributed by atoms with E-state index in [9.17, 15) is 4.79 Å². The summed E-state index contributed by atoms with van der Waals surface area (Å²) in [6.07, 6.45) is 6.38. The molecule has 0 saturated carbocycles. The summed E-state index contributed by atoms with van der Waals surface area (Å²) in [5.41, 5.74) is 3.03. The molecule has 25 heavy (non-hydrogen) atoms. The molecule has 0 aliphatic heterocycles. The first kappa shape index (κ1) is 16.6. The third kappa shape index (κ3) is 3.98. The summed E-state index contributed by atoms with van der Waals surface area (Å²) in [6.45, 7) is 1.93. The van der Waals surface area contributed by atoms with Crippen LogP contribution in [0.4, 0.5) is 0 Å². The predicted molar refractivity (Wildman–Crippen MR) is 94.1 cm³/mol. The van der Waals surface area contributed by atoms with Crippen molar-refractivity contribution < 1.29 is 9.53 Å². The molecule has 1 N–H and O–H groups in total. The maximum Gasteiger partial charge on any atom is 0.253 e. The topological polar surface area (TPSA) is 77.0 Å². The Morgan fingerprint density at radius 1 is 1.04 bits per heavy atom. The predicted octanol–water partition coefficient (Wildman–Crippen LogP) is 3.04. The molecule has 3 aromatic rings. The highest BCUT2D eigenvalue weighted by molar-refractivity contribution is 5.94. The second-order valence-corrected chi connectivity index (χ2v) is 5.53. The zero-order chi connectivity index (χ0) is 17.6. The number of nitrogens with zero attached hydrogens (tertiary/aromatic N) is 3. The lowest BCUT2D eigenvalue weighted by molar-refractivity contribution is 0.0939. The van der Waals surface area contributed by atoms with Gasteiger partial charge in [-0.3, -0.25) is 9.78 Å². The van der Waals surface area contributed by atoms with Gasteiger partial charge >= 0.3 is 0 Å². The molecule has 3 rings (SSSR count). The van der Waals surface area contributed by atoms with Crippen LogP contribution in [0.5, 0.6) is 5.75 Å². The van der Waals surface area contributed by atoms with E-state index in [0.717, 1.165) is 22.6 Å². The van der Waals surface area contributed by atoms with Gasteiger partial charge in [0.1, 0.15) is 12.1 Å². The van der Waals surface area contributed by atoms with E-state index in [2.05, 4.69) is 20.3 Å². The Morgan fingerprint density at radius 3 is 2.36 bits per heavy atom. The molecule has 0 aliphatic carbocycles. The van der Waals surface area contributed by atoms with Crippen LogP contribution in [0.2, 0.25) is 0 Å². The standard InChI is InChI=1S/C19H18N4O2/c1-13(14-3-6-17(25-2)7-4-14)23-19(24)15-5-8-18(22-11-15)16-9-20-12-21-10-16/h3-13H,1-2H3,(H,23,24). The summed E-state index contributed by atoms with van der Waals surface area (Å²) in [4.78, 5) is 24.6. The molecular weight excluding hydrogens is 316 g/mol. The number of amides is 1. The van der Waals surface area contributed by atoms with Crippen molar-refractivity contribution in [2.75, 3.05) is 7.11 Å². The number of benzene rings is 1. The monoisotopic (exact) mass is 334 g/mol. The van der Waals surface area contributed by atoms with E-state index in [1.807, 2.05) is 31.2 Å². The highest BCUT2D eigenvalue weighted by atomic mass is 16.5. The summed E-state index contributed by atoms with van der Waals surface area (Å²) < 4.78 is 5.14. The number of rotatable bonds is 5. The van der Waals surface area contributed by atoms with Gasteiger partial charge in [-0.15, -0.1) is 0 Å². The smallest absolute Gasteiger partial charge is 0.253 e. The molecule has 1 atom stereocenters. The van der Waals surface area contributed by atoms with Gasteiger partial charge in [0.15, 0.2) is 0 Å². The first-order valence-corrected chi connectivity index (χ1v) is 7.83. The lowest BCUT2D eigenvalue weighted by Crippen LogP contribution is -2.26. The number of pyridine rings is 1. The molecule has 2 heterocycles. The van der Waals surface area contributed by atoms with Crippen molar-refractivity contribution in [1.82, 2.24) is 20.3 Å². The van der Waals surface area contributed by atoms with Crippen molar-refractivity contribution in [3.8, 4) is 17.0 Å². The minimum absolute atomic E-state index is 0.124. The fraction of sp³-hybridized carbons (Fsp3) is 0.158. The lowest BCUT2D eigenvalue weighted by Gasteiger charge is -2.15. The van der Waals surface area contributed by atoms with Crippen LogP contribution >= 0.6 is 0 Å². The molecule has 0 aliphatic rings. The van der Waals surface area contributed by atoms with Crippen LogP contribution < -0.4 is 10.1 Å². The van der Waals surface area contributed by atoms with E-state index >= 15 is 0 Å². The van der Waals surface area contributed by atoms with Crippen LogP contribution in [0.1, 0.15) is 28.9 Å². The summed E-state index contributed by atoms with van der Waals surface area (Å²) in [5.74, 6) is 0.610. The first-order valence-electron chi connectivity index (χ1n) is 7.83. The van der Waals surface area contributed by atoms with Crippen LogP contribution in [0.15, 0.2) is 61.3 Å². The van der Waals surface area contributed by atoms with Gasteiger partial charge in [0.05, 0.1) is 24.4 Å². The highest BCUT2D eigenvalue weighted by Gasteiger charge is 2.12. The number of nitrogens with one attached hydrogen (secondary N) is 1. The van der Waals surface area contributed by atoms with Crippen LogP contribution in [-0.4, -0.2) is 28.0 Å². The number of carbonyl (C=O) groups excluding carboxylic acids is 1. The van der Waals surface area contributed by atoms with Gasteiger partial charge in [0.25, 0.3) is 5.91 Å². The molecule has 126 valence electrons. The number of methoxy groups -OCH3 is 1. The van der Waals surface area contributed by atoms with Crippen molar-refractivity contribution in [3.05, 3.63) is 72.4 Å². The van der Waals surface area contributed by atoms with E-state index in [-0.39, 0.29) is 11.9 Å². The fourth-order valence-corrected chi connectivity index (χ4v) is 2.39. The van der Waals surface area contributed by atoms with E-state index in [1.165, 1.54) is 6.33 Å². The molecule has 0 spiro atoms. The molecule has 0 saturated heterocycles. The summed E-state index contributed by atoms with van der Waals surface area (Å²) in [7, 11) is 1.62. The van der Waals surface area contributed by atoms with Gasteiger partial charge in [0, 0.05) is 24.2 Å². The van der Waals surface area contributed by atoms with Crippen LogP contribution in [0, 0.1) is 0 Å². The number of hydrogen-bond acceptors (Lipinski definition) is 5. The third-order valence-corrected chi connectivity index (χ3v) is 3.85. The second kappa shape index (κ2) is 7.53. The maximum absolute atomic E-state index is 12.4. The molecule has 0 fully saturated rings. The lowest BCUT2D eigenvalue weighted by atomic mass is 10.1. The third-order valence-electron chi connectivity index (χ3n) is 3.85. The zero-order valence-corrected chi connectivity index (χ0v) is 14.0. The average Bonchev–Trinajstić information content (AvgIpc) is 2.68. The number of ether oxygens (including phenoxy) is 1. The molecule has 6 heteroatoms. The SMILES string of the molecule is COc1ccc(C(C)NC(=O)c2ccc(-c3cncnc3)nc2)cc1. The number of hydrogen-bond donors (Lipinski definition) is 1.